The van der Waals surface area contributed by atoms with Crippen LogP contribution in [0.2, 0.25) is 0 Å². The minimum Gasteiger partial charge on any atom is -0.369 e. The summed E-state index contributed by atoms with van der Waals surface area (Å²) >= 11 is 0. The number of hydrogen-bond acceptors (Lipinski definition) is 4. The maximum absolute atomic E-state index is 12.2. The molecule has 138 valence electrons. The molecule has 0 aliphatic carbocycles. The highest BCUT2D eigenvalue weighted by atomic mass is 16.1. The average Bonchev–Trinajstić information content (AvgIpc) is 2.71. The molecule has 0 aliphatic rings. The van der Waals surface area contributed by atoms with E-state index in [1.54, 1.807) is 6.20 Å². The lowest BCUT2D eigenvalue weighted by atomic mass is 10.1. The molecule has 3 aromatic rings. The molecule has 3 rings (SSSR count). The summed E-state index contributed by atoms with van der Waals surface area (Å²) in [7, 11) is 0. The van der Waals surface area contributed by atoms with Gasteiger partial charge in [-0.3, -0.25) is 4.79 Å². The van der Waals surface area contributed by atoms with E-state index in [1.807, 2.05) is 31.2 Å². The van der Waals surface area contributed by atoms with Gasteiger partial charge in [0.05, 0.1) is 12.4 Å². The second-order valence-electron chi connectivity index (χ2n) is 6.47. The van der Waals surface area contributed by atoms with Crippen molar-refractivity contribution in [3.05, 3.63) is 89.4 Å². The second kappa shape index (κ2) is 9.48. The summed E-state index contributed by atoms with van der Waals surface area (Å²) in [5, 5.41) is 6.11. The minimum absolute atomic E-state index is 0.223. The second-order valence-corrected chi connectivity index (χ2v) is 6.47. The molecule has 0 aliphatic heterocycles. The minimum atomic E-state index is -0.223. The van der Waals surface area contributed by atoms with E-state index < -0.39 is 0 Å². The summed E-state index contributed by atoms with van der Waals surface area (Å²) in [6, 6.07) is 18.4. The van der Waals surface area contributed by atoms with Gasteiger partial charge < -0.3 is 10.6 Å². The molecule has 2 aromatic carbocycles. The van der Waals surface area contributed by atoms with Crippen molar-refractivity contribution in [1.29, 1.82) is 0 Å². The van der Waals surface area contributed by atoms with Crippen LogP contribution >= 0.6 is 0 Å². The number of aryl methyl sites for hydroxylation is 2. The van der Waals surface area contributed by atoms with Crippen LogP contribution < -0.4 is 10.6 Å². The van der Waals surface area contributed by atoms with Gasteiger partial charge in [-0.25, -0.2) is 9.97 Å². The van der Waals surface area contributed by atoms with Gasteiger partial charge in [-0.1, -0.05) is 60.2 Å². The molecule has 1 heterocycles. The predicted octanol–water partition coefficient (Wildman–Crippen LogP) is 3.76. The molecule has 1 aromatic heterocycles. The Labute approximate surface area is 159 Å². The molecule has 0 bridgehead atoms. The molecule has 0 radical (unpaired) electrons. The zero-order chi connectivity index (χ0) is 18.9. The lowest BCUT2D eigenvalue weighted by Gasteiger charge is -2.07. The van der Waals surface area contributed by atoms with Gasteiger partial charge >= 0.3 is 0 Å². The summed E-state index contributed by atoms with van der Waals surface area (Å²) in [5.41, 5.74) is 3.88. The van der Waals surface area contributed by atoms with E-state index in [1.165, 1.54) is 17.3 Å². The van der Waals surface area contributed by atoms with Crippen molar-refractivity contribution in [2.24, 2.45) is 0 Å². The predicted molar refractivity (Wildman–Crippen MR) is 108 cm³/mol. The van der Waals surface area contributed by atoms with Crippen LogP contribution in [0.4, 0.5) is 5.82 Å². The van der Waals surface area contributed by atoms with E-state index in [4.69, 9.17) is 0 Å². The van der Waals surface area contributed by atoms with Crippen molar-refractivity contribution in [2.75, 3.05) is 11.9 Å². The maximum Gasteiger partial charge on any atom is 0.271 e. The zero-order valence-corrected chi connectivity index (χ0v) is 15.5. The van der Waals surface area contributed by atoms with Gasteiger partial charge in [0.1, 0.15) is 11.5 Å². The fraction of sp³-hybridized carbons (Fsp3) is 0.227. The first-order chi connectivity index (χ1) is 13.2. The number of benzene rings is 2. The van der Waals surface area contributed by atoms with E-state index in [9.17, 15) is 4.79 Å². The number of anilines is 1. The van der Waals surface area contributed by atoms with Crippen LogP contribution in [-0.2, 0) is 13.0 Å². The Bertz CT molecular complexity index is 863. The quantitative estimate of drug-likeness (QED) is 0.600. The van der Waals surface area contributed by atoms with Crippen LogP contribution in [0, 0.1) is 6.92 Å². The Morgan fingerprint density at radius 2 is 1.78 bits per heavy atom. The molecule has 5 nitrogen and oxygen atoms in total. The molecule has 0 fully saturated rings. The third kappa shape index (κ3) is 5.92. The standard InChI is InChI=1S/C22H24N4O/c1-17-7-5-10-19(13-17)14-26-22(27)20-15-25-21(16-24-20)23-12-6-11-18-8-3-2-4-9-18/h2-5,7-10,13,15-16H,6,11-12,14H2,1H3,(H,23,25)(H,26,27). The molecule has 0 saturated heterocycles. The molecular formula is C22H24N4O. The number of rotatable bonds is 8. The van der Waals surface area contributed by atoms with E-state index in [2.05, 4.69) is 50.9 Å². The largest absolute Gasteiger partial charge is 0.369 e. The molecular weight excluding hydrogens is 336 g/mol. The SMILES string of the molecule is Cc1cccc(CNC(=O)c2cnc(NCCCc3ccccc3)cn2)c1. The molecule has 2 N–H and O–H groups in total. The molecule has 0 spiro atoms. The summed E-state index contributed by atoms with van der Waals surface area (Å²) in [4.78, 5) is 20.7. The summed E-state index contributed by atoms with van der Waals surface area (Å²) in [5.74, 6) is 0.456. The van der Waals surface area contributed by atoms with Crippen LogP contribution in [0.1, 0.15) is 33.6 Å². The topological polar surface area (TPSA) is 66.9 Å². The first-order valence-electron chi connectivity index (χ1n) is 9.14. The van der Waals surface area contributed by atoms with Gasteiger partial charge in [0, 0.05) is 13.1 Å². The van der Waals surface area contributed by atoms with Crippen LogP contribution in [0.5, 0.6) is 0 Å². The number of nitrogens with one attached hydrogen (secondary N) is 2. The fourth-order valence-corrected chi connectivity index (χ4v) is 2.79. The molecule has 0 saturated carbocycles. The van der Waals surface area contributed by atoms with Crippen molar-refractivity contribution >= 4 is 11.7 Å². The van der Waals surface area contributed by atoms with Gasteiger partial charge in [0.2, 0.25) is 0 Å². The monoisotopic (exact) mass is 360 g/mol. The van der Waals surface area contributed by atoms with E-state index in [0.29, 0.717) is 18.1 Å². The van der Waals surface area contributed by atoms with Crippen LogP contribution in [0.3, 0.4) is 0 Å². The van der Waals surface area contributed by atoms with Gasteiger partial charge in [0.25, 0.3) is 5.91 Å². The number of hydrogen-bond donors (Lipinski definition) is 2. The van der Waals surface area contributed by atoms with Gasteiger partial charge in [0.15, 0.2) is 0 Å². The third-order valence-electron chi connectivity index (χ3n) is 4.21. The average molecular weight is 360 g/mol. The molecule has 27 heavy (non-hydrogen) atoms. The number of aromatic nitrogens is 2. The number of amides is 1. The van der Waals surface area contributed by atoms with Crippen molar-refractivity contribution in [3.63, 3.8) is 0 Å². The van der Waals surface area contributed by atoms with Gasteiger partial charge in [-0.15, -0.1) is 0 Å². The van der Waals surface area contributed by atoms with Crippen molar-refractivity contribution in [3.8, 4) is 0 Å². The van der Waals surface area contributed by atoms with E-state index >= 15 is 0 Å². The fourth-order valence-electron chi connectivity index (χ4n) is 2.79. The van der Waals surface area contributed by atoms with Gasteiger partial charge in [-0.2, -0.15) is 0 Å². The zero-order valence-electron chi connectivity index (χ0n) is 15.5. The highest BCUT2D eigenvalue weighted by molar-refractivity contribution is 5.91. The van der Waals surface area contributed by atoms with Crippen molar-refractivity contribution in [2.45, 2.75) is 26.3 Å². The molecule has 0 atom stereocenters. The van der Waals surface area contributed by atoms with Crippen molar-refractivity contribution < 1.29 is 4.79 Å². The van der Waals surface area contributed by atoms with E-state index in [-0.39, 0.29) is 5.91 Å². The summed E-state index contributed by atoms with van der Waals surface area (Å²) < 4.78 is 0. The first kappa shape index (κ1) is 18.6. The lowest BCUT2D eigenvalue weighted by molar-refractivity contribution is 0.0945. The Morgan fingerprint density at radius 1 is 0.963 bits per heavy atom. The summed E-state index contributed by atoms with van der Waals surface area (Å²) in [6.07, 6.45) is 5.13. The highest BCUT2D eigenvalue weighted by Crippen LogP contribution is 2.06. The maximum atomic E-state index is 12.2. The smallest absolute Gasteiger partial charge is 0.271 e. The summed E-state index contributed by atoms with van der Waals surface area (Å²) in [6.45, 7) is 3.31. The highest BCUT2D eigenvalue weighted by Gasteiger charge is 2.07. The Balaban J connectivity index is 1.43. The number of nitrogens with zero attached hydrogens (tertiary/aromatic N) is 2. The van der Waals surface area contributed by atoms with E-state index in [0.717, 1.165) is 24.9 Å². The normalized spacial score (nSPS) is 10.4. The third-order valence-corrected chi connectivity index (χ3v) is 4.21. The molecule has 1 amide bonds. The lowest BCUT2D eigenvalue weighted by Crippen LogP contribution is -2.24. The Hall–Kier alpha value is -3.21. The number of carbonyl (C=O) groups is 1. The first-order valence-corrected chi connectivity index (χ1v) is 9.14. The molecule has 0 unspecified atom stereocenters. The molecule has 5 heteroatoms. The van der Waals surface area contributed by atoms with Crippen LogP contribution in [0.25, 0.3) is 0 Å². The Morgan fingerprint density at radius 3 is 2.52 bits per heavy atom. The van der Waals surface area contributed by atoms with Crippen LogP contribution in [-0.4, -0.2) is 22.4 Å². The van der Waals surface area contributed by atoms with Crippen molar-refractivity contribution in [1.82, 2.24) is 15.3 Å². The van der Waals surface area contributed by atoms with Gasteiger partial charge in [-0.05, 0) is 30.9 Å². The number of carbonyl (C=O) groups excluding carboxylic acids is 1. The van der Waals surface area contributed by atoms with Crippen LogP contribution in [0.15, 0.2) is 67.0 Å². The Kier molecular flexibility index (Phi) is 6.52.